The van der Waals surface area contributed by atoms with Gasteiger partial charge in [0.15, 0.2) is 0 Å². The van der Waals surface area contributed by atoms with E-state index in [1.807, 2.05) is 6.92 Å². The molecule has 0 bridgehead atoms. The van der Waals surface area contributed by atoms with Gasteiger partial charge in [-0.25, -0.2) is 0 Å². The third kappa shape index (κ3) is 2.89. The number of carbonyl (C=O) groups excluding carboxylic acids is 1. The molecule has 0 unspecified atom stereocenters. The van der Waals surface area contributed by atoms with Crippen LogP contribution in [0.15, 0.2) is 18.2 Å². The van der Waals surface area contributed by atoms with Crippen molar-refractivity contribution in [1.29, 1.82) is 0 Å². The van der Waals surface area contributed by atoms with Crippen molar-refractivity contribution in [3.8, 4) is 0 Å². The molecule has 0 heterocycles. The van der Waals surface area contributed by atoms with Crippen LogP contribution in [0.4, 0.5) is 24.5 Å². The molecule has 1 aliphatic rings. The molecule has 1 aromatic carbocycles. The van der Waals surface area contributed by atoms with Crippen LogP contribution in [0.2, 0.25) is 0 Å². The molecule has 0 radical (unpaired) electrons. The lowest BCUT2D eigenvalue weighted by atomic mass is 9.88. The fourth-order valence-electron chi connectivity index (χ4n) is 2.54. The first-order valence-corrected chi connectivity index (χ1v) is 6.50. The number of nitrogen functional groups attached to an aromatic ring is 1. The van der Waals surface area contributed by atoms with E-state index in [1.54, 1.807) is 0 Å². The molecule has 0 aliphatic heterocycles. The van der Waals surface area contributed by atoms with Gasteiger partial charge in [0.2, 0.25) is 5.91 Å². The number of nitrogens with two attached hydrogens (primary N) is 1. The minimum atomic E-state index is -4.53. The summed E-state index contributed by atoms with van der Waals surface area (Å²) in [7, 11) is 0. The highest BCUT2D eigenvalue weighted by molar-refractivity contribution is 5.95. The molecule has 0 spiro atoms. The van der Waals surface area contributed by atoms with Gasteiger partial charge in [-0.3, -0.25) is 4.79 Å². The monoisotopic (exact) mass is 286 g/mol. The molecule has 1 aromatic rings. The van der Waals surface area contributed by atoms with Gasteiger partial charge in [-0.1, -0.05) is 19.8 Å². The third-order valence-corrected chi connectivity index (χ3v) is 3.87. The van der Waals surface area contributed by atoms with E-state index in [4.69, 9.17) is 5.73 Å². The number of anilines is 2. The van der Waals surface area contributed by atoms with Gasteiger partial charge < -0.3 is 11.1 Å². The zero-order chi connectivity index (χ0) is 15.0. The number of alkyl halides is 3. The van der Waals surface area contributed by atoms with Gasteiger partial charge in [0, 0.05) is 16.8 Å². The summed E-state index contributed by atoms with van der Waals surface area (Å²) in [6.45, 7) is 1.84. The standard InChI is InChI=1S/C14H17F3N2O/c1-13(6-2-3-7-13)12(20)19-9-4-5-11(18)10(8-9)14(15,16)17/h4-5,8H,2-3,6-7,18H2,1H3,(H,19,20). The molecule has 20 heavy (non-hydrogen) atoms. The second-order valence-electron chi connectivity index (χ2n) is 5.52. The van der Waals surface area contributed by atoms with E-state index < -0.39 is 17.2 Å². The van der Waals surface area contributed by atoms with Crippen LogP contribution in [-0.4, -0.2) is 5.91 Å². The van der Waals surface area contributed by atoms with Crippen molar-refractivity contribution in [2.24, 2.45) is 5.41 Å². The number of benzene rings is 1. The molecule has 1 aliphatic carbocycles. The Labute approximate surface area is 115 Å². The van der Waals surface area contributed by atoms with Gasteiger partial charge in [0.05, 0.1) is 5.56 Å². The van der Waals surface area contributed by atoms with Crippen LogP contribution < -0.4 is 11.1 Å². The molecule has 0 aromatic heterocycles. The third-order valence-electron chi connectivity index (χ3n) is 3.87. The highest BCUT2D eigenvalue weighted by Gasteiger charge is 2.37. The summed E-state index contributed by atoms with van der Waals surface area (Å²) in [5.41, 5.74) is 3.70. The maximum Gasteiger partial charge on any atom is 0.418 e. The summed E-state index contributed by atoms with van der Waals surface area (Å²) in [5, 5.41) is 2.57. The van der Waals surface area contributed by atoms with Crippen molar-refractivity contribution >= 4 is 17.3 Å². The molecule has 2 rings (SSSR count). The van der Waals surface area contributed by atoms with Gasteiger partial charge in [0.25, 0.3) is 0 Å². The Morgan fingerprint density at radius 3 is 2.45 bits per heavy atom. The van der Waals surface area contributed by atoms with Crippen LogP contribution in [0.1, 0.15) is 38.2 Å². The molecular weight excluding hydrogens is 269 g/mol. The van der Waals surface area contributed by atoms with E-state index in [2.05, 4.69) is 5.32 Å². The van der Waals surface area contributed by atoms with E-state index >= 15 is 0 Å². The molecule has 3 nitrogen and oxygen atoms in total. The van der Waals surface area contributed by atoms with Crippen molar-refractivity contribution in [1.82, 2.24) is 0 Å². The lowest BCUT2D eigenvalue weighted by Crippen LogP contribution is -2.30. The predicted molar refractivity (Wildman–Crippen MR) is 71.1 cm³/mol. The smallest absolute Gasteiger partial charge is 0.398 e. The molecule has 1 amide bonds. The Kier molecular flexibility index (Phi) is 3.67. The quantitative estimate of drug-likeness (QED) is 0.812. The lowest BCUT2D eigenvalue weighted by Gasteiger charge is -2.22. The van der Waals surface area contributed by atoms with Gasteiger partial charge in [-0.05, 0) is 31.0 Å². The fraction of sp³-hybridized carbons (Fsp3) is 0.500. The average Bonchev–Trinajstić information content (AvgIpc) is 2.78. The van der Waals surface area contributed by atoms with E-state index in [0.29, 0.717) is 0 Å². The molecule has 110 valence electrons. The Morgan fingerprint density at radius 1 is 1.30 bits per heavy atom. The van der Waals surface area contributed by atoms with Gasteiger partial charge in [-0.2, -0.15) is 13.2 Å². The Bertz CT molecular complexity index is 520. The summed E-state index contributed by atoms with van der Waals surface area (Å²) < 4.78 is 38.2. The number of hydrogen-bond acceptors (Lipinski definition) is 2. The molecule has 0 saturated heterocycles. The molecule has 6 heteroatoms. The molecule has 1 fully saturated rings. The Hall–Kier alpha value is -1.72. The largest absolute Gasteiger partial charge is 0.418 e. The van der Waals surface area contributed by atoms with Gasteiger partial charge >= 0.3 is 6.18 Å². The summed E-state index contributed by atoms with van der Waals surface area (Å²) in [5.74, 6) is -0.229. The summed E-state index contributed by atoms with van der Waals surface area (Å²) in [6.07, 6.45) is -1.05. The van der Waals surface area contributed by atoms with Crippen LogP contribution in [0, 0.1) is 5.41 Å². The van der Waals surface area contributed by atoms with Crippen molar-refractivity contribution in [3.05, 3.63) is 23.8 Å². The van der Waals surface area contributed by atoms with Gasteiger partial charge in [0.1, 0.15) is 0 Å². The van der Waals surface area contributed by atoms with E-state index in [-0.39, 0.29) is 17.3 Å². The highest BCUT2D eigenvalue weighted by Crippen LogP contribution is 2.39. The molecular formula is C14H17F3N2O. The fourth-order valence-corrected chi connectivity index (χ4v) is 2.54. The van der Waals surface area contributed by atoms with Crippen molar-refractivity contribution in [2.45, 2.75) is 38.8 Å². The summed E-state index contributed by atoms with van der Waals surface area (Å²) >= 11 is 0. The zero-order valence-electron chi connectivity index (χ0n) is 11.2. The summed E-state index contributed by atoms with van der Waals surface area (Å²) in [6, 6.07) is 3.43. The van der Waals surface area contributed by atoms with Crippen molar-refractivity contribution in [2.75, 3.05) is 11.1 Å². The second-order valence-corrected chi connectivity index (χ2v) is 5.52. The van der Waals surface area contributed by atoms with Crippen molar-refractivity contribution in [3.63, 3.8) is 0 Å². The SMILES string of the molecule is CC1(C(=O)Nc2ccc(N)c(C(F)(F)F)c2)CCCC1. The highest BCUT2D eigenvalue weighted by atomic mass is 19.4. The maximum absolute atomic E-state index is 12.7. The second kappa shape index (κ2) is 5.00. The number of rotatable bonds is 2. The zero-order valence-corrected chi connectivity index (χ0v) is 11.2. The van der Waals surface area contributed by atoms with E-state index in [0.717, 1.165) is 37.8 Å². The van der Waals surface area contributed by atoms with Gasteiger partial charge in [-0.15, -0.1) is 0 Å². The lowest BCUT2D eigenvalue weighted by molar-refractivity contribution is -0.137. The number of hydrogen-bond donors (Lipinski definition) is 2. The van der Waals surface area contributed by atoms with Crippen LogP contribution >= 0.6 is 0 Å². The normalized spacial score (nSPS) is 18.0. The Morgan fingerprint density at radius 2 is 1.90 bits per heavy atom. The number of nitrogens with one attached hydrogen (secondary N) is 1. The van der Waals surface area contributed by atoms with Crippen LogP contribution in [-0.2, 0) is 11.0 Å². The minimum Gasteiger partial charge on any atom is -0.398 e. The topological polar surface area (TPSA) is 55.1 Å². The average molecular weight is 286 g/mol. The Balaban J connectivity index is 2.20. The minimum absolute atomic E-state index is 0.129. The first-order valence-electron chi connectivity index (χ1n) is 6.50. The maximum atomic E-state index is 12.7. The number of halogens is 3. The van der Waals surface area contributed by atoms with Crippen LogP contribution in [0.25, 0.3) is 0 Å². The number of carbonyl (C=O) groups is 1. The van der Waals surface area contributed by atoms with Crippen molar-refractivity contribution < 1.29 is 18.0 Å². The molecule has 0 atom stereocenters. The van der Waals surface area contributed by atoms with Crippen LogP contribution in [0.5, 0.6) is 0 Å². The summed E-state index contributed by atoms with van der Waals surface area (Å²) in [4.78, 5) is 12.2. The predicted octanol–water partition coefficient (Wildman–Crippen LogP) is 3.81. The number of amides is 1. The first-order chi connectivity index (χ1) is 9.22. The molecule has 1 saturated carbocycles. The van der Waals surface area contributed by atoms with E-state index in [9.17, 15) is 18.0 Å². The van der Waals surface area contributed by atoms with Crippen LogP contribution in [0.3, 0.4) is 0 Å². The molecule has 3 N–H and O–H groups in total. The van der Waals surface area contributed by atoms with E-state index in [1.165, 1.54) is 6.07 Å². The first kappa shape index (κ1) is 14.7.